The summed E-state index contributed by atoms with van der Waals surface area (Å²) in [6, 6.07) is 11.2. The van der Waals surface area contributed by atoms with Crippen LogP contribution in [0.4, 0.5) is 0 Å². The zero-order valence-corrected chi connectivity index (χ0v) is 17.4. The molecule has 2 aromatic rings. The monoisotopic (exact) mass is 395 g/mol. The topological polar surface area (TPSA) is 64.6 Å². The van der Waals surface area contributed by atoms with Crippen LogP contribution in [0.2, 0.25) is 0 Å². The van der Waals surface area contributed by atoms with Gasteiger partial charge in [-0.1, -0.05) is 24.6 Å². The van der Waals surface area contributed by atoms with E-state index in [4.69, 9.17) is 9.47 Å². The lowest BCUT2D eigenvalue weighted by Gasteiger charge is -2.28. The van der Waals surface area contributed by atoms with Crippen LogP contribution in [0.5, 0.6) is 11.5 Å². The van der Waals surface area contributed by atoms with Gasteiger partial charge in [0.15, 0.2) is 5.78 Å². The molecule has 1 heterocycles. The maximum absolute atomic E-state index is 12.5. The van der Waals surface area contributed by atoms with E-state index in [1.165, 1.54) is 0 Å². The predicted molar refractivity (Wildman–Crippen MR) is 113 cm³/mol. The lowest BCUT2D eigenvalue weighted by Crippen LogP contribution is -2.32. The van der Waals surface area contributed by atoms with Crippen molar-refractivity contribution in [3.63, 3.8) is 0 Å². The Bertz CT molecular complexity index is 873. The van der Waals surface area contributed by atoms with E-state index in [2.05, 4.69) is 17.4 Å². The molecule has 0 aromatic heterocycles. The first-order valence-electron chi connectivity index (χ1n) is 10.3. The Morgan fingerprint density at radius 1 is 1.14 bits per heavy atom. The van der Waals surface area contributed by atoms with Crippen molar-refractivity contribution in [2.24, 2.45) is 0 Å². The minimum Gasteiger partial charge on any atom is -0.494 e. The summed E-state index contributed by atoms with van der Waals surface area (Å²) >= 11 is 0. The van der Waals surface area contributed by atoms with Crippen LogP contribution in [0.1, 0.15) is 65.7 Å². The van der Waals surface area contributed by atoms with Gasteiger partial charge in [0.25, 0.3) is 0 Å². The van der Waals surface area contributed by atoms with Gasteiger partial charge in [-0.15, -0.1) is 0 Å². The fourth-order valence-electron chi connectivity index (χ4n) is 3.62. The third-order valence-electron chi connectivity index (χ3n) is 5.04. The number of aryl methyl sites for hydroxylation is 2. The van der Waals surface area contributed by atoms with Crippen LogP contribution in [0, 0.1) is 13.8 Å². The zero-order chi connectivity index (χ0) is 20.8. The van der Waals surface area contributed by atoms with Gasteiger partial charge in [-0.3, -0.25) is 9.59 Å². The van der Waals surface area contributed by atoms with Crippen molar-refractivity contribution in [2.75, 3.05) is 13.2 Å². The summed E-state index contributed by atoms with van der Waals surface area (Å²) in [6.45, 7) is 7.34. The van der Waals surface area contributed by atoms with Gasteiger partial charge in [-0.2, -0.15) is 0 Å². The Hall–Kier alpha value is -2.82. The largest absolute Gasteiger partial charge is 0.494 e. The van der Waals surface area contributed by atoms with Crippen molar-refractivity contribution in [2.45, 2.75) is 52.5 Å². The number of ketones is 1. The van der Waals surface area contributed by atoms with Gasteiger partial charge < -0.3 is 14.8 Å². The van der Waals surface area contributed by atoms with Gasteiger partial charge in [0, 0.05) is 30.4 Å². The summed E-state index contributed by atoms with van der Waals surface area (Å²) < 4.78 is 11.3. The van der Waals surface area contributed by atoms with E-state index in [1.54, 1.807) is 24.3 Å². The van der Waals surface area contributed by atoms with Crippen LogP contribution in [-0.2, 0) is 4.79 Å². The smallest absolute Gasteiger partial charge is 0.220 e. The molecular weight excluding hydrogens is 366 g/mol. The van der Waals surface area contributed by atoms with Crippen molar-refractivity contribution in [1.82, 2.24) is 5.32 Å². The number of carbonyl (C=O) groups is 2. The standard InChI is InChI=1S/C24H29NO4/c1-4-12-28-19-7-5-18(6-8-19)22(26)9-10-23(27)25-21-11-13-29-24-17(3)14-16(2)15-20(21)24/h5-8,14-15,21H,4,9-13H2,1-3H3,(H,25,27). The average molecular weight is 395 g/mol. The van der Waals surface area contributed by atoms with Gasteiger partial charge >= 0.3 is 0 Å². The number of nitrogens with one attached hydrogen (secondary N) is 1. The Labute approximate surface area is 172 Å². The number of ether oxygens (including phenoxy) is 2. The van der Waals surface area contributed by atoms with Crippen molar-refractivity contribution < 1.29 is 19.1 Å². The molecule has 0 radical (unpaired) electrons. The molecule has 1 aliphatic heterocycles. The van der Waals surface area contributed by atoms with Crippen LogP contribution in [-0.4, -0.2) is 24.9 Å². The molecule has 29 heavy (non-hydrogen) atoms. The van der Waals surface area contributed by atoms with Crippen LogP contribution in [0.25, 0.3) is 0 Å². The quantitative estimate of drug-likeness (QED) is 0.658. The fourth-order valence-corrected chi connectivity index (χ4v) is 3.62. The average Bonchev–Trinajstić information content (AvgIpc) is 2.71. The molecule has 0 fully saturated rings. The first-order valence-corrected chi connectivity index (χ1v) is 10.3. The molecule has 0 saturated carbocycles. The summed E-state index contributed by atoms with van der Waals surface area (Å²) in [5.41, 5.74) is 3.86. The van der Waals surface area contributed by atoms with Crippen LogP contribution < -0.4 is 14.8 Å². The zero-order valence-electron chi connectivity index (χ0n) is 17.4. The van der Waals surface area contributed by atoms with E-state index in [0.717, 1.165) is 41.0 Å². The minimum absolute atomic E-state index is 0.0405. The highest BCUT2D eigenvalue weighted by Gasteiger charge is 2.24. The predicted octanol–water partition coefficient (Wildman–Crippen LogP) is 4.70. The summed E-state index contributed by atoms with van der Waals surface area (Å²) in [4.78, 5) is 24.9. The molecule has 0 aliphatic carbocycles. The number of benzene rings is 2. The number of hydrogen-bond donors (Lipinski definition) is 1. The van der Waals surface area contributed by atoms with Gasteiger partial charge in [-0.05, 0) is 50.1 Å². The first-order chi connectivity index (χ1) is 14.0. The third kappa shape index (κ3) is 5.37. The van der Waals surface area contributed by atoms with Crippen molar-refractivity contribution in [3.8, 4) is 11.5 Å². The maximum Gasteiger partial charge on any atom is 0.220 e. The summed E-state index contributed by atoms with van der Waals surface area (Å²) in [7, 11) is 0. The lowest BCUT2D eigenvalue weighted by atomic mass is 9.95. The number of carbonyl (C=O) groups excluding carboxylic acids is 2. The molecule has 2 aromatic carbocycles. The van der Waals surface area contributed by atoms with E-state index >= 15 is 0 Å². The van der Waals surface area contributed by atoms with Crippen LogP contribution in [0.3, 0.4) is 0 Å². The molecule has 0 spiro atoms. The number of rotatable bonds is 8. The Balaban J connectivity index is 1.55. The Morgan fingerprint density at radius 2 is 1.90 bits per heavy atom. The fraction of sp³-hybridized carbons (Fsp3) is 0.417. The van der Waals surface area contributed by atoms with E-state index in [1.807, 2.05) is 20.8 Å². The van der Waals surface area contributed by atoms with Crippen LogP contribution >= 0.6 is 0 Å². The molecule has 1 unspecified atom stereocenters. The second kappa shape index (κ2) is 9.59. The minimum atomic E-state index is -0.113. The molecule has 154 valence electrons. The molecule has 5 nitrogen and oxygen atoms in total. The molecule has 0 bridgehead atoms. The van der Waals surface area contributed by atoms with Gasteiger partial charge in [0.05, 0.1) is 19.3 Å². The molecule has 1 amide bonds. The SMILES string of the molecule is CCCOc1ccc(C(=O)CCC(=O)NC2CCOc3c(C)cc(C)cc32)cc1. The molecule has 3 rings (SSSR count). The van der Waals surface area contributed by atoms with E-state index in [-0.39, 0.29) is 30.6 Å². The first kappa shape index (κ1) is 20.9. The van der Waals surface area contributed by atoms with Crippen molar-refractivity contribution in [3.05, 3.63) is 58.7 Å². The highest BCUT2D eigenvalue weighted by Crippen LogP contribution is 2.35. The third-order valence-corrected chi connectivity index (χ3v) is 5.04. The maximum atomic E-state index is 12.5. The van der Waals surface area contributed by atoms with Crippen LogP contribution in [0.15, 0.2) is 36.4 Å². The molecule has 0 saturated heterocycles. The molecule has 5 heteroatoms. The normalized spacial score (nSPS) is 15.2. The van der Waals surface area contributed by atoms with Gasteiger partial charge in [0.2, 0.25) is 5.91 Å². The van der Waals surface area contributed by atoms with E-state index < -0.39 is 0 Å². The van der Waals surface area contributed by atoms with Gasteiger partial charge in [-0.25, -0.2) is 0 Å². The van der Waals surface area contributed by atoms with E-state index in [9.17, 15) is 9.59 Å². The number of hydrogen-bond acceptors (Lipinski definition) is 4. The second-order valence-corrected chi connectivity index (χ2v) is 7.55. The molecule has 1 aliphatic rings. The number of fused-ring (bicyclic) bond motifs is 1. The van der Waals surface area contributed by atoms with E-state index in [0.29, 0.717) is 18.8 Å². The van der Waals surface area contributed by atoms with Crippen molar-refractivity contribution in [1.29, 1.82) is 0 Å². The molecular formula is C24H29NO4. The van der Waals surface area contributed by atoms with Gasteiger partial charge in [0.1, 0.15) is 11.5 Å². The lowest BCUT2D eigenvalue weighted by molar-refractivity contribution is -0.122. The molecule has 1 N–H and O–H groups in total. The highest BCUT2D eigenvalue weighted by atomic mass is 16.5. The number of Topliss-reactive ketones (excluding diaryl/α,β-unsaturated/α-hetero) is 1. The summed E-state index contributed by atoms with van der Waals surface area (Å²) in [6.07, 6.45) is 2.02. The summed E-state index contributed by atoms with van der Waals surface area (Å²) in [5.74, 6) is 1.47. The Morgan fingerprint density at radius 3 is 2.62 bits per heavy atom. The molecule has 1 atom stereocenters. The number of amides is 1. The highest BCUT2D eigenvalue weighted by molar-refractivity contribution is 5.98. The Kier molecular flexibility index (Phi) is 6.91. The summed E-state index contributed by atoms with van der Waals surface area (Å²) in [5, 5.41) is 3.08. The van der Waals surface area contributed by atoms with Crippen molar-refractivity contribution >= 4 is 11.7 Å². The second-order valence-electron chi connectivity index (χ2n) is 7.55.